The van der Waals surface area contributed by atoms with E-state index in [4.69, 9.17) is 9.47 Å². The molecule has 1 amide bonds. The van der Waals surface area contributed by atoms with Crippen LogP contribution in [0.4, 0.5) is 4.79 Å². The van der Waals surface area contributed by atoms with Crippen LogP contribution in [0, 0.1) is 11.8 Å². The van der Waals surface area contributed by atoms with Gasteiger partial charge >= 0.3 is 18.0 Å². The Bertz CT molecular complexity index is 614. The molecule has 0 aliphatic rings. The predicted octanol–water partition coefficient (Wildman–Crippen LogP) is 3.37. The summed E-state index contributed by atoms with van der Waals surface area (Å²) in [6.07, 6.45) is -1.48. The van der Waals surface area contributed by atoms with Gasteiger partial charge in [0.2, 0.25) is 0 Å². The Balaban J connectivity index is 2.68. The number of rotatable bonds is 10. The highest BCUT2D eigenvalue weighted by atomic mass is 16.6. The smallest absolute Gasteiger partial charge is 0.408 e. The van der Waals surface area contributed by atoms with Crippen molar-refractivity contribution in [1.82, 2.24) is 5.32 Å². The van der Waals surface area contributed by atoms with E-state index in [2.05, 4.69) is 5.32 Å². The third kappa shape index (κ3) is 9.08. The topological polar surface area (TPSA) is 102 Å². The molecule has 0 aromatic heterocycles. The van der Waals surface area contributed by atoms with Gasteiger partial charge < -0.3 is 19.9 Å². The van der Waals surface area contributed by atoms with Crippen molar-refractivity contribution < 1.29 is 29.0 Å². The van der Waals surface area contributed by atoms with Gasteiger partial charge in [-0.3, -0.25) is 0 Å². The maximum absolute atomic E-state index is 12.4. The van der Waals surface area contributed by atoms with E-state index >= 15 is 0 Å². The van der Waals surface area contributed by atoms with E-state index in [1.54, 1.807) is 0 Å². The largest absolute Gasteiger partial charge is 0.479 e. The molecule has 27 heavy (non-hydrogen) atoms. The Morgan fingerprint density at radius 3 is 2.11 bits per heavy atom. The number of carbonyl (C=O) groups is 3. The third-order valence-corrected chi connectivity index (χ3v) is 3.72. The number of carboxylic acids is 1. The zero-order valence-corrected chi connectivity index (χ0v) is 16.3. The molecule has 7 heteroatoms. The lowest BCUT2D eigenvalue weighted by atomic mass is 10.0. The van der Waals surface area contributed by atoms with Gasteiger partial charge in [-0.25, -0.2) is 14.4 Å². The Hall–Kier alpha value is -2.57. The van der Waals surface area contributed by atoms with Gasteiger partial charge in [-0.2, -0.15) is 0 Å². The zero-order chi connectivity index (χ0) is 20.4. The molecule has 0 bridgehead atoms. The molecule has 0 fully saturated rings. The quantitative estimate of drug-likeness (QED) is 0.604. The molecule has 0 heterocycles. The average Bonchev–Trinajstić information content (AvgIpc) is 2.58. The first-order valence-electron chi connectivity index (χ1n) is 9.09. The number of amides is 1. The Morgan fingerprint density at radius 2 is 1.59 bits per heavy atom. The highest BCUT2D eigenvalue weighted by Crippen LogP contribution is 2.13. The molecule has 2 atom stereocenters. The molecule has 1 aromatic carbocycles. The van der Waals surface area contributed by atoms with E-state index in [1.165, 1.54) is 0 Å². The number of carboxylic acid groups (broad SMARTS) is 1. The Labute approximate surface area is 160 Å². The molecule has 150 valence electrons. The van der Waals surface area contributed by atoms with E-state index < -0.39 is 30.2 Å². The fraction of sp³-hybridized carbons (Fsp3) is 0.550. The SMILES string of the molecule is CC(C)C[C@H](NC(=O)OCc1ccccc1)C(=O)O[C@@H](CC(C)C)C(=O)O. The van der Waals surface area contributed by atoms with Crippen LogP contribution in [-0.4, -0.2) is 35.3 Å². The van der Waals surface area contributed by atoms with Gasteiger partial charge in [0, 0.05) is 0 Å². The summed E-state index contributed by atoms with van der Waals surface area (Å²) in [5.74, 6) is -1.84. The van der Waals surface area contributed by atoms with Crippen molar-refractivity contribution in [3.63, 3.8) is 0 Å². The highest BCUT2D eigenvalue weighted by Gasteiger charge is 2.30. The van der Waals surface area contributed by atoms with Gasteiger partial charge in [0.15, 0.2) is 6.10 Å². The van der Waals surface area contributed by atoms with Crippen LogP contribution in [0.3, 0.4) is 0 Å². The maximum Gasteiger partial charge on any atom is 0.408 e. The average molecular weight is 379 g/mol. The van der Waals surface area contributed by atoms with E-state index in [1.807, 2.05) is 58.0 Å². The summed E-state index contributed by atoms with van der Waals surface area (Å²) >= 11 is 0. The van der Waals surface area contributed by atoms with Crippen LogP contribution >= 0.6 is 0 Å². The standard InChI is InChI=1S/C20H29NO6/c1-13(2)10-16(19(24)27-17(18(22)23)11-14(3)4)21-20(25)26-12-15-8-6-5-7-9-15/h5-9,13-14,16-17H,10-12H2,1-4H3,(H,21,25)(H,22,23)/t16-,17-/m0/s1. The van der Waals surface area contributed by atoms with Crippen molar-refractivity contribution >= 4 is 18.0 Å². The minimum absolute atomic E-state index is 0.0474. The third-order valence-electron chi connectivity index (χ3n) is 3.72. The second-order valence-corrected chi connectivity index (χ2v) is 7.28. The van der Waals surface area contributed by atoms with Gasteiger partial charge in [0.05, 0.1) is 0 Å². The van der Waals surface area contributed by atoms with Gasteiger partial charge in [0.25, 0.3) is 0 Å². The van der Waals surface area contributed by atoms with Crippen LogP contribution in [0.15, 0.2) is 30.3 Å². The van der Waals surface area contributed by atoms with Crippen molar-refractivity contribution in [3.8, 4) is 0 Å². The first-order chi connectivity index (χ1) is 12.7. The molecule has 0 saturated carbocycles. The molecule has 0 radical (unpaired) electrons. The Kier molecular flexibility index (Phi) is 9.33. The lowest BCUT2D eigenvalue weighted by Crippen LogP contribution is -2.45. The van der Waals surface area contributed by atoms with Crippen molar-refractivity contribution in [3.05, 3.63) is 35.9 Å². The summed E-state index contributed by atoms with van der Waals surface area (Å²) in [5.41, 5.74) is 0.818. The number of benzene rings is 1. The summed E-state index contributed by atoms with van der Waals surface area (Å²) < 4.78 is 10.3. The normalized spacial score (nSPS) is 13.1. The van der Waals surface area contributed by atoms with Crippen LogP contribution < -0.4 is 5.32 Å². The molecule has 0 spiro atoms. The fourth-order valence-electron chi connectivity index (χ4n) is 2.44. The lowest BCUT2D eigenvalue weighted by molar-refractivity contribution is -0.166. The maximum atomic E-state index is 12.4. The van der Waals surface area contributed by atoms with Crippen LogP contribution in [0.25, 0.3) is 0 Å². The number of hydrogen-bond acceptors (Lipinski definition) is 5. The summed E-state index contributed by atoms with van der Waals surface area (Å²) in [5, 5.41) is 11.7. The van der Waals surface area contributed by atoms with Crippen molar-refractivity contribution in [2.75, 3.05) is 0 Å². The molecule has 1 aromatic rings. The molecular weight excluding hydrogens is 350 g/mol. The monoisotopic (exact) mass is 379 g/mol. The molecule has 0 saturated heterocycles. The predicted molar refractivity (Wildman–Crippen MR) is 100.0 cm³/mol. The first kappa shape index (κ1) is 22.5. The molecule has 0 aliphatic carbocycles. The number of aliphatic carboxylic acids is 1. The minimum atomic E-state index is -1.24. The van der Waals surface area contributed by atoms with Gasteiger partial charge in [-0.15, -0.1) is 0 Å². The van der Waals surface area contributed by atoms with Gasteiger partial charge in [-0.1, -0.05) is 58.0 Å². The zero-order valence-electron chi connectivity index (χ0n) is 16.3. The Morgan fingerprint density at radius 1 is 1.00 bits per heavy atom. The number of ether oxygens (including phenoxy) is 2. The van der Waals surface area contributed by atoms with Gasteiger partial charge in [-0.05, 0) is 30.2 Å². The molecule has 0 unspecified atom stereocenters. The van der Waals surface area contributed by atoms with Crippen LogP contribution in [0.2, 0.25) is 0 Å². The second kappa shape index (κ2) is 11.2. The van der Waals surface area contributed by atoms with Crippen LogP contribution in [0.5, 0.6) is 0 Å². The highest BCUT2D eigenvalue weighted by molar-refractivity contribution is 5.84. The van der Waals surface area contributed by atoms with E-state index in [-0.39, 0.29) is 24.9 Å². The molecule has 0 aliphatic heterocycles. The summed E-state index contributed by atoms with van der Waals surface area (Å²) in [6.45, 7) is 7.53. The lowest BCUT2D eigenvalue weighted by Gasteiger charge is -2.22. The molecule has 1 rings (SSSR count). The van der Waals surface area contributed by atoms with Gasteiger partial charge in [0.1, 0.15) is 12.6 Å². The second-order valence-electron chi connectivity index (χ2n) is 7.28. The fourth-order valence-corrected chi connectivity index (χ4v) is 2.44. The van der Waals surface area contributed by atoms with E-state index in [0.29, 0.717) is 6.42 Å². The summed E-state index contributed by atoms with van der Waals surface area (Å²) in [6, 6.07) is 8.18. The number of nitrogens with one attached hydrogen (secondary N) is 1. The van der Waals surface area contributed by atoms with E-state index in [0.717, 1.165) is 5.56 Å². The number of alkyl carbamates (subject to hydrolysis) is 1. The first-order valence-corrected chi connectivity index (χ1v) is 9.09. The summed E-state index contributed by atoms with van der Waals surface area (Å²) in [4.78, 5) is 35.8. The number of carbonyl (C=O) groups excluding carboxylic acids is 2. The minimum Gasteiger partial charge on any atom is -0.479 e. The number of hydrogen-bond donors (Lipinski definition) is 2. The molecule has 7 nitrogen and oxygen atoms in total. The van der Waals surface area contributed by atoms with Crippen LogP contribution in [0.1, 0.15) is 46.1 Å². The van der Waals surface area contributed by atoms with Crippen LogP contribution in [-0.2, 0) is 25.7 Å². The van der Waals surface area contributed by atoms with Crippen molar-refractivity contribution in [2.24, 2.45) is 11.8 Å². The van der Waals surface area contributed by atoms with Crippen molar-refractivity contribution in [1.29, 1.82) is 0 Å². The summed E-state index contributed by atoms with van der Waals surface area (Å²) in [7, 11) is 0. The van der Waals surface area contributed by atoms with Crippen molar-refractivity contribution in [2.45, 2.75) is 59.3 Å². The molecule has 2 N–H and O–H groups in total. The molecular formula is C20H29NO6. The number of esters is 1. The van der Waals surface area contributed by atoms with E-state index in [9.17, 15) is 19.5 Å².